The van der Waals surface area contributed by atoms with Gasteiger partial charge in [-0.1, -0.05) is 0 Å². The van der Waals surface area contributed by atoms with Crippen molar-refractivity contribution >= 4 is 5.91 Å². The van der Waals surface area contributed by atoms with Crippen LogP contribution in [-0.2, 0) is 0 Å². The summed E-state index contributed by atoms with van der Waals surface area (Å²) in [6.07, 6.45) is 1.74. The molecule has 2 aliphatic heterocycles. The van der Waals surface area contributed by atoms with E-state index in [-0.39, 0.29) is 12.5 Å². The highest BCUT2D eigenvalue weighted by molar-refractivity contribution is 5.95. The van der Waals surface area contributed by atoms with Gasteiger partial charge in [0.25, 0.3) is 5.91 Å². The van der Waals surface area contributed by atoms with Crippen molar-refractivity contribution in [2.75, 3.05) is 32.9 Å². The lowest BCUT2D eigenvalue weighted by molar-refractivity contribution is 0.0783. The van der Waals surface area contributed by atoms with Crippen molar-refractivity contribution in [2.45, 2.75) is 12.8 Å². The third-order valence-electron chi connectivity index (χ3n) is 3.90. The van der Waals surface area contributed by atoms with Gasteiger partial charge in [-0.05, 0) is 37.0 Å². The molecule has 0 saturated carbocycles. The van der Waals surface area contributed by atoms with Crippen molar-refractivity contribution < 1.29 is 19.4 Å². The maximum atomic E-state index is 12.4. The van der Waals surface area contributed by atoms with Crippen LogP contribution in [-0.4, -0.2) is 48.8 Å². The van der Waals surface area contributed by atoms with Crippen LogP contribution in [0.15, 0.2) is 18.2 Å². The molecule has 20 heavy (non-hydrogen) atoms. The number of carbonyl (C=O) groups is 1. The number of hydrogen-bond donors (Lipinski definition) is 1. The van der Waals surface area contributed by atoms with Crippen LogP contribution >= 0.6 is 0 Å². The zero-order valence-electron chi connectivity index (χ0n) is 11.4. The van der Waals surface area contributed by atoms with Crippen LogP contribution in [0.3, 0.4) is 0 Å². The minimum absolute atomic E-state index is 0.0300. The molecule has 0 aliphatic carbocycles. The van der Waals surface area contributed by atoms with Crippen molar-refractivity contribution in [3.8, 4) is 11.5 Å². The van der Waals surface area contributed by atoms with Gasteiger partial charge in [-0.2, -0.15) is 0 Å². The lowest BCUT2D eigenvalue weighted by Gasteiger charge is -2.20. The lowest BCUT2D eigenvalue weighted by atomic mass is 10.1. The van der Waals surface area contributed by atoms with Gasteiger partial charge in [0, 0.05) is 25.3 Å². The lowest BCUT2D eigenvalue weighted by Crippen LogP contribution is -2.29. The summed E-state index contributed by atoms with van der Waals surface area (Å²) in [7, 11) is 0. The number of aliphatic hydroxyl groups is 1. The number of aliphatic hydroxyl groups excluding tert-OH is 1. The van der Waals surface area contributed by atoms with E-state index in [0.29, 0.717) is 36.2 Å². The first-order valence-electron chi connectivity index (χ1n) is 7.07. The molecule has 0 spiro atoms. The van der Waals surface area contributed by atoms with E-state index < -0.39 is 0 Å². The van der Waals surface area contributed by atoms with E-state index in [0.717, 1.165) is 25.9 Å². The van der Waals surface area contributed by atoms with Gasteiger partial charge < -0.3 is 19.5 Å². The van der Waals surface area contributed by atoms with Crippen LogP contribution < -0.4 is 9.47 Å². The molecule has 2 aliphatic rings. The topological polar surface area (TPSA) is 59.0 Å². The van der Waals surface area contributed by atoms with Gasteiger partial charge in [0.05, 0.1) is 0 Å². The van der Waals surface area contributed by atoms with Crippen LogP contribution in [0.25, 0.3) is 0 Å². The molecule has 5 nitrogen and oxygen atoms in total. The highest BCUT2D eigenvalue weighted by Gasteiger charge is 2.27. The molecule has 1 atom stereocenters. The molecule has 2 heterocycles. The summed E-state index contributed by atoms with van der Waals surface area (Å²) in [5.41, 5.74) is 0.638. The fourth-order valence-corrected chi connectivity index (χ4v) is 2.79. The number of carbonyl (C=O) groups excluding carboxylic acids is 1. The Kier molecular flexibility index (Phi) is 3.78. The van der Waals surface area contributed by atoms with E-state index in [1.54, 1.807) is 18.2 Å². The van der Waals surface area contributed by atoms with Crippen LogP contribution in [0.2, 0.25) is 0 Å². The maximum Gasteiger partial charge on any atom is 0.254 e. The first-order chi connectivity index (χ1) is 9.78. The Bertz CT molecular complexity index is 503. The maximum absolute atomic E-state index is 12.4. The summed E-state index contributed by atoms with van der Waals surface area (Å²) in [5.74, 6) is 1.80. The van der Waals surface area contributed by atoms with Gasteiger partial charge in [-0.3, -0.25) is 4.79 Å². The molecule has 5 heteroatoms. The summed E-state index contributed by atoms with van der Waals surface area (Å²) in [5, 5.41) is 8.97. The molecule has 0 aromatic heterocycles. The number of hydrogen-bond acceptors (Lipinski definition) is 4. The van der Waals surface area contributed by atoms with Gasteiger partial charge >= 0.3 is 0 Å². The smallest absolute Gasteiger partial charge is 0.254 e. The van der Waals surface area contributed by atoms with E-state index in [9.17, 15) is 4.79 Å². The Labute approximate surface area is 118 Å². The van der Waals surface area contributed by atoms with E-state index in [2.05, 4.69) is 0 Å². The number of rotatable bonds is 3. The number of amides is 1. The van der Waals surface area contributed by atoms with Gasteiger partial charge in [0.2, 0.25) is 0 Å². The Morgan fingerprint density at radius 1 is 1.30 bits per heavy atom. The van der Waals surface area contributed by atoms with Gasteiger partial charge in [0.1, 0.15) is 13.2 Å². The second kappa shape index (κ2) is 5.71. The number of ether oxygens (including phenoxy) is 2. The third kappa shape index (κ3) is 2.58. The predicted octanol–water partition coefficient (Wildman–Crippen LogP) is 1.30. The first kappa shape index (κ1) is 13.2. The fraction of sp³-hybridized carbons (Fsp3) is 0.533. The van der Waals surface area contributed by atoms with Crippen molar-refractivity contribution in [3.05, 3.63) is 23.8 Å². The Hall–Kier alpha value is -1.75. The standard InChI is InChI=1S/C15H19NO4/c17-6-4-11-3-5-16(10-11)15(18)12-1-2-13-14(9-12)20-8-7-19-13/h1-2,9,11,17H,3-8,10H2. The SMILES string of the molecule is O=C(c1ccc2c(c1)OCCO2)N1CCC(CCO)C1. The van der Waals surface area contributed by atoms with Gasteiger partial charge in [-0.25, -0.2) is 0 Å². The molecule has 1 aromatic carbocycles. The molecule has 1 aromatic rings. The molecule has 108 valence electrons. The van der Waals surface area contributed by atoms with Crippen LogP contribution in [0.4, 0.5) is 0 Å². The van der Waals surface area contributed by atoms with Crippen molar-refractivity contribution in [1.82, 2.24) is 4.90 Å². The van der Waals surface area contributed by atoms with E-state index in [1.807, 2.05) is 4.90 Å². The van der Waals surface area contributed by atoms with Crippen molar-refractivity contribution in [3.63, 3.8) is 0 Å². The van der Waals surface area contributed by atoms with Crippen LogP contribution in [0.5, 0.6) is 11.5 Å². The largest absolute Gasteiger partial charge is 0.486 e. The molecule has 0 bridgehead atoms. The predicted molar refractivity (Wildman–Crippen MR) is 73.1 cm³/mol. The molecule has 1 fully saturated rings. The molecular weight excluding hydrogens is 258 g/mol. The van der Waals surface area contributed by atoms with Gasteiger partial charge in [0.15, 0.2) is 11.5 Å². The van der Waals surface area contributed by atoms with Crippen molar-refractivity contribution in [1.29, 1.82) is 0 Å². The normalized spacial score (nSPS) is 21.1. The summed E-state index contributed by atoms with van der Waals surface area (Å²) in [6, 6.07) is 5.34. The average Bonchev–Trinajstić information content (AvgIpc) is 2.95. The minimum atomic E-state index is 0.0300. The van der Waals surface area contributed by atoms with E-state index in [4.69, 9.17) is 14.6 Å². The highest BCUT2D eigenvalue weighted by atomic mass is 16.6. The van der Waals surface area contributed by atoms with Gasteiger partial charge in [-0.15, -0.1) is 0 Å². The summed E-state index contributed by atoms with van der Waals surface area (Å²) in [4.78, 5) is 14.3. The average molecular weight is 277 g/mol. The summed E-state index contributed by atoms with van der Waals surface area (Å²) < 4.78 is 11.0. The number of likely N-dealkylation sites (tertiary alicyclic amines) is 1. The molecule has 3 rings (SSSR count). The monoisotopic (exact) mass is 277 g/mol. The zero-order chi connectivity index (χ0) is 13.9. The first-order valence-corrected chi connectivity index (χ1v) is 7.07. The molecular formula is C15H19NO4. The summed E-state index contributed by atoms with van der Waals surface area (Å²) in [6.45, 7) is 2.75. The zero-order valence-corrected chi connectivity index (χ0v) is 11.4. The van der Waals surface area contributed by atoms with E-state index >= 15 is 0 Å². The van der Waals surface area contributed by atoms with E-state index in [1.165, 1.54) is 0 Å². The Morgan fingerprint density at radius 3 is 2.90 bits per heavy atom. The molecule has 1 unspecified atom stereocenters. The Morgan fingerprint density at radius 2 is 2.10 bits per heavy atom. The number of benzene rings is 1. The van der Waals surface area contributed by atoms with Crippen molar-refractivity contribution in [2.24, 2.45) is 5.92 Å². The number of nitrogens with zero attached hydrogens (tertiary/aromatic N) is 1. The molecule has 1 N–H and O–H groups in total. The van der Waals surface area contributed by atoms with Crippen LogP contribution in [0.1, 0.15) is 23.2 Å². The molecule has 1 amide bonds. The second-order valence-corrected chi connectivity index (χ2v) is 5.28. The molecule has 0 radical (unpaired) electrons. The Balaban J connectivity index is 1.71. The minimum Gasteiger partial charge on any atom is -0.486 e. The third-order valence-corrected chi connectivity index (χ3v) is 3.90. The quantitative estimate of drug-likeness (QED) is 0.905. The summed E-state index contributed by atoms with van der Waals surface area (Å²) >= 11 is 0. The highest BCUT2D eigenvalue weighted by Crippen LogP contribution is 2.31. The molecule has 1 saturated heterocycles. The fourth-order valence-electron chi connectivity index (χ4n) is 2.79. The number of fused-ring (bicyclic) bond motifs is 1. The second-order valence-electron chi connectivity index (χ2n) is 5.28. The van der Waals surface area contributed by atoms with Crippen LogP contribution in [0, 0.1) is 5.92 Å².